The second-order valence-corrected chi connectivity index (χ2v) is 8.49. The van der Waals surface area contributed by atoms with Gasteiger partial charge in [-0.1, -0.05) is 6.07 Å². The molecular formula is C25H27N3O5. The van der Waals surface area contributed by atoms with Gasteiger partial charge in [-0.2, -0.15) is 0 Å². The van der Waals surface area contributed by atoms with E-state index >= 15 is 0 Å². The molecular weight excluding hydrogens is 422 g/mol. The van der Waals surface area contributed by atoms with E-state index in [1.54, 1.807) is 14.2 Å². The topological polar surface area (TPSA) is 98.8 Å². The number of fused-ring (bicyclic) bond motifs is 1. The van der Waals surface area contributed by atoms with E-state index in [0.29, 0.717) is 37.6 Å². The number of rotatable bonds is 6. The summed E-state index contributed by atoms with van der Waals surface area (Å²) in [5, 5.41) is 5.66. The summed E-state index contributed by atoms with van der Waals surface area (Å²) < 4.78 is 17.1. The minimum absolute atomic E-state index is 0.0104. The van der Waals surface area contributed by atoms with Crippen molar-refractivity contribution in [3.05, 3.63) is 52.2 Å². The van der Waals surface area contributed by atoms with Crippen molar-refractivity contribution in [2.24, 2.45) is 5.92 Å². The molecule has 2 heterocycles. The molecule has 1 atom stereocenters. The highest BCUT2D eigenvalue weighted by molar-refractivity contribution is 6.04. The molecule has 2 amide bonds. The molecule has 2 N–H and O–H groups in total. The van der Waals surface area contributed by atoms with Crippen molar-refractivity contribution in [2.75, 3.05) is 39.3 Å². The number of ether oxygens (including phenoxy) is 3. The van der Waals surface area contributed by atoms with Crippen LogP contribution in [0.4, 0.5) is 5.82 Å². The summed E-state index contributed by atoms with van der Waals surface area (Å²) in [6.07, 6.45) is 5.70. The van der Waals surface area contributed by atoms with Crippen LogP contribution in [-0.2, 0) is 20.7 Å². The maximum absolute atomic E-state index is 12.5. The lowest BCUT2D eigenvalue weighted by Gasteiger charge is -2.26. The first-order valence-electron chi connectivity index (χ1n) is 11.2. The van der Waals surface area contributed by atoms with Gasteiger partial charge in [-0.05, 0) is 53.3 Å². The third kappa shape index (κ3) is 4.24. The van der Waals surface area contributed by atoms with Crippen LogP contribution in [-0.4, -0.2) is 50.8 Å². The predicted octanol–water partition coefficient (Wildman–Crippen LogP) is 2.98. The number of hydrogen-bond acceptors (Lipinski definition) is 6. The van der Waals surface area contributed by atoms with Crippen LogP contribution in [0.1, 0.15) is 51.6 Å². The number of allylic oxidation sites excluding steroid dienone is 1. The molecule has 2 aromatic rings. The number of nitrogens with one attached hydrogen (secondary N) is 2. The molecule has 0 spiro atoms. The van der Waals surface area contributed by atoms with Crippen LogP contribution in [0.15, 0.2) is 24.4 Å². The van der Waals surface area contributed by atoms with Crippen LogP contribution >= 0.6 is 0 Å². The number of pyridine rings is 1. The van der Waals surface area contributed by atoms with Crippen LogP contribution < -0.4 is 15.4 Å². The predicted molar refractivity (Wildman–Crippen MR) is 123 cm³/mol. The van der Waals surface area contributed by atoms with Crippen LogP contribution in [0, 0.1) is 5.92 Å². The highest BCUT2D eigenvalue weighted by Gasteiger charge is 2.32. The van der Waals surface area contributed by atoms with Crippen LogP contribution in [0.3, 0.4) is 0 Å². The van der Waals surface area contributed by atoms with E-state index in [1.807, 2.05) is 24.3 Å². The standard InChI is InChI=1S/C25H27N3O5/c1-26-25(30)21-12-27-23(28-24(29)14-3-4-14)20-10-15(9-18(20)21)17-6-5-16(31-2)11-19(17)22-13-32-7-8-33-22/h5-6,9,11-12,14,22H,3-4,7-8,10,13H2,1-2H3,(H,26,30)(H,27,28,29)/t22-/m1/s1. The Morgan fingerprint density at radius 2 is 2.06 bits per heavy atom. The molecule has 1 saturated carbocycles. The maximum Gasteiger partial charge on any atom is 0.253 e. The quantitative estimate of drug-likeness (QED) is 0.704. The Labute approximate surface area is 192 Å². The third-order valence-corrected chi connectivity index (χ3v) is 6.34. The summed E-state index contributed by atoms with van der Waals surface area (Å²) in [7, 11) is 3.23. The minimum atomic E-state index is -0.213. The fourth-order valence-corrected chi connectivity index (χ4v) is 4.38. The van der Waals surface area contributed by atoms with Gasteiger partial charge in [0.25, 0.3) is 5.91 Å². The summed E-state index contributed by atoms with van der Waals surface area (Å²) in [4.78, 5) is 29.4. The van der Waals surface area contributed by atoms with Crippen molar-refractivity contribution in [3.63, 3.8) is 0 Å². The Morgan fingerprint density at radius 1 is 1.21 bits per heavy atom. The van der Waals surface area contributed by atoms with Crippen molar-refractivity contribution < 1.29 is 23.8 Å². The van der Waals surface area contributed by atoms with Gasteiger partial charge in [0.05, 0.1) is 32.5 Å². The molecule has 172 valence electrons. The average Bonchev–Trinajstić information content (AvgIpc) is 3.62. The minimum Gasteiger partial charge on any atom is -0.497 e. The second-order valence-electron chi connectivity index (χ2n) is 8.49. The zero-order chi connectivity index (χ0) is 22.9. The van der Waals surface area contributed by atoms with E-state index in [4.69, 9.17) is 14.2 Å². The molecule has 1 aromatic carbocycles. The van der Waals surface area contributed by atoms with E-state index in [1.165, 1.54) is 6.20 Å². The Kier molecular flexibility index (Phi) is 5.86. The molecule has 8 nitrogen and oxygen atoms in total. The van der Waals surface area contributed by atoms with E-state index in [-0.39, 0.29) is 23.8 Å². The molecule has 3 aliphatic rings. The van der Waals surface area contributed by atoms with Crippen molar-refractivity contribution in [2.45, 2.75) is 25.4 Å². The summed E-state index contributed by atoms with van der Waals surface area (Å²) in [5.74, 6) is 1.10. The Bertz CT molecular complexity index is 1130. The summed E-state index contributed by atoms with van der Waals surface area (Å²) >= 11 is 0. The molecule has 8 heteroatoms. The van der Waals surface area contributed by atoms with Gasteiger partial charge in [0.1, 0.15) is 17.7 Å². The average molecular weight is 450 g/mol. The number of carbonyl (C=O) groups is 2. The Hall–Kier alpha value is -3.23. The van der Waals surface area contributed by atoms with Crippen LogP contribution in [0.2, 0.25) is 0 Å². The smallest absolute Gasteiger partial charge is 0.253 e. The first kappa shape index (κ1) is 21.6. The number of methoxy groups -OCH3 is 1. The molecule has 2 aliphatic carbocycles. The van der Waals surface area contributed by atoms with Crippen molar-refractivity contribution in [1.29, 1.82) is 0 Å². The number of benzene rings is 1. The number of aromatic nitrogens is 1. The van der Waals surface area contributed by atoms with Gasteiger partial charge in [0.2, 0.25) is 5.91 Å². The van der Waals surface area contributed by atoms with Gasteiger partial charge in [-0.15, -0.1) is 0 Å². The van der Waals surface area contributed by atoms with Gasteiger partial charge in [-0.3, -0.25) is 9.59 Å². The van der Waals surface area contributed by atoms with Gasteiger partial charge in [-0.25, -0.2) is 4.98 Å². The summed E-state index contributed by atoms with van der Waals surface area (Å²) in [6, 6.07) is 5.91. The molecule has 0 unspecified atom stereocenters. The molecule has 0 radical (unpaired) electrons. The lowest BCUT2D eigenvalue weighted by molar-refractivity contribution is -0.117. The lowest BCUT2D eigenvalue weighted by Crippen LogP contribution is -2.23. The first-order chi connectivity index (χ1) is 16.1. The Balaban J connectivity index is 1.55. The monoisotopic (exact) mass is 449 g/mol. The van der Waals surface area contributed by atoms with Crippen LogP contribution in [0.25, 0.3) is 11.6 Å². The summed E-state index contributed by atoms with van der Waals surface area (Å²) in [5.41, 5.74) is 5.13. The molecule has 1 saturated heterocycles. The molecule has 33 heavy (non-hydrogen) atoms. The number of hydrogen-bond donors (Lipinski definition) is 2. The fraction of sp³-hybridized carbons (Fsp3) is 0.400. The largest absolute Gasteiger partial charge is 0.497 e. The number of carbonyl (C=O) groups excluding carboxylic acids is 2. The lowest BCUT2D eigenvalue weighted by atomic mass is 9.94. The SMILES string of the molecule is CNC(=O)c1cnc(NC(=O)C2CC2)c2c1C=C(c1ccc(OC)cc1[C@H]1COCCO1)C2. The first-order valence-corrected chi connectivity index (χ1v) is 11.2. The van der Waals surface area contributed by atoms with Crippen LogP contribution in [0.5, 0.6) is 5.75 Å². The van der Waals surface area contributed by atoms with Gasteiger partial charge in [0.15, 0.2) is 0 Å². The van der Waals surface area contributed by atoms with E-state index in [0.717, 1.165) is 46.4 Å². The second kappa shape index (κ2) is 8.96. The number of anilines is 1. The maximum atomic E-state index is 12.5. The zero-order valence-electron chi connectivity index (χ0n) is 18.8. The van der Waals surface area contributed by atoms with Crippen molar-refractivity contribution in [3.8, 4) is 5.75 Å². The van der Waals surface area contributed by atoms with E-state index < -0.39 is 0 Å². The highest BCUT2D eigenvalue weighted by atomic mass is 16.6. The molecule has 1 aromatic heterocycles. The molecule has 0 bridgehead atoms. The van der Waals surface area contributed by atoms with Crippen molar-refractivity contribution in [1.82, 2.24) is 10.3 Å². The van der Waals surface area contributed by atoms with Crippen molar-refractivity contribution >= 4 is 29.3 Å². The van der Waals surface area contributed by atoms with Gasteiger partial charge >= 0.3 is 0 Å². The molecule has 2 fully saturated rings. The zero-order valence-corrected chi connectivity index (χ0v) is 18.8. The van der Waals surface area contributed by atoms with Gasteiger partial charge in [0, 0.05) is 31.1 Å². The van der Waals surface area contributed by atoms with E-state index in [9.17, 15) is 9.59 Å². The normalized spacial score (nSPS) is 19.5. The molecule has 5 rings (SSSR count). The number of nitrogens with zero attached hydrogens (tertiary/aromatic N) is 1. The fourth-order valence-electron chi connectivity index (χ4n) is 4.38. The van der Waals surface area contributed by atoms with Gasteiger partial charge < -0.3 is 24.8 Å². The Morgan fingerprint density at radius 3 is 2.76 bits per heavy atom. The summed E-state index contributed by atoms with van der Waals surface area (Å²) in [6.45, 7) is 1.58. The molecule has 1 aliphatic heterocycles. The number of amides is 2. The third-order valence-electron chi connectivity index (χ3n) is 6.34. The highest BCUT2D eigenvalue weighted by Crippen LogP contribution is 2.41. The van der Waals surface area contributed by atoms with E-state index in [2.05, 4.69) is 15.6 Å².